The van der Waals surface area contributed by atoms with E-state index in [1.807, 2.05) is 30.3 Å². The zero-order valence-corrected chi connectivity index (χ0v) is 19.5. The third kappa shape index (κ3) is 4.24. The highest BCUT2D eigenvalue weighted by Gasteiger charge is 2.29. The van der Waals surface area contributed by atoms with Crippen LogP contribution in [-0.4, -0.2) is 27.5 Å². The van der Waals surface area contributed by atoms with Crippen LogP contribution in [0.15, 0.2) is 60.7 Å². The average molecular weight is 459 g/mol. The van der Waals surface area contributed by atoms with E-state index in [2.05, 4.69) is 5.32 Å². The highest BCUT2D eigenvalue weighted by atomic mass is 16.7. The molecule has 2 N–H and O–H groups in total. The van der Waals surface area contributed by atoms with Gasteiger partial charge in [0.2, 0.25) is 5.88 Å². The zero-order valence-electron chi connectivity index (χ0n) is 19.5. The summed E-state index contributed by atoms with van der Waals surface area (Å²) in [4.78, 5) is 43.4. The maximum atomic E-state index is 12.9. The normalized spacial score (nSPS) is 11.5. The molecule has 4 rings (SSSR count). The minimum atomic E-state index is -0.833. The van der Waals surface area contributed by atoms with Gasteiger partial charge < -0.3 is 15.3 Å². The number of nitrogens with zero attached hydrogens (tertiary/aromatic N) is 1. The van der Waals surface area contributed by atoms with Crippen molar-refractivity contribution in [1.29, 1.82) is 0 Å². The molecule has 1 heterocycles. The maximum absolute atomic E-state index is 12.9. The van der Waals surface area contributed by atoms with Crippen LogP contribution in [0.1, 0.15) is 54.8 Å². The second-order valence-electron chi connectivity index (χ2n) is 9.15. The molecule has 7 nitrogen and oxygen atoms in total. The van der Waals surface area contributed by atoms with Crippen molar-refractivity contribution in [1.82, 2.24) is 4.73 Å². The van der Waals surface area contributed by atoms with Gasteiger partial charge in [0, 0.05) is 23.1 Å². The van der Waals surface area contributed by atoms with Crippen molar-refractivity contribution in [2.45, 2.75) is 34.1 Å². The molecule has 1 amide bonds. The van der Waals surface area contributed by atoms with Crippen LogP contribution >= 0.6 is 0 Å². The van der Waals surface area contributed by atoms with Crippen LogP contribution in [-0.2, 0) is 4.79 Å². The lowest BCUT2D eigenvalue weighted by Gasteiger charge is -2.17. The van der Waals surface area contributed by atoms with Crippen LogP contribution in [0.4, 0.5) is 5.69 Å². The predicted molar refractivity (Wildman–Crippen MR) is 131 cm³/mol. The molecule has 174 valence electrons. The topological polar surface area (TPSA) is 97.6 Å². The van der Waals surface area contributed by atoms with Crippen LogP contribution in [0.25, 0.3) is 21.7 Å². The summed E-state index contributed by atoms with van der Waals surface area (Å²) >= 11 is 0. The number of carbonyl (C=O) groups excluding carboxylic acids is 3. The van der Waals surface area contributed by atoms with E-state index in [-0.39, 0.29) is 23.7 Å². The van der Waals surface area contributed by atoms with Crippen LogP contribution in [0.5, 0.6) is 5.88 Å². The Balaban J connectivity index is 1.74. The van der Waals surface area contributed by atoms with Gasteiger partial charge in [0.1, 0.15) is 0 Å². The number of nitrogens with one attached hydrogen (secondary N) is 1. The summed E-state index contributed by atoms with van der Waals surface area (Å²) in [6.45, 7) is 6.74. The van der Waals surface area contributed by atoms with Gasteiger partial charge in [-0.25, -0.2) is 4.79 Å². The van der Waals surface area contributed by atoms with Crippen molar-refractivity contribution in [2.75, 3.05) is 5.32 Å². The lowest BCUT2D eigenvalue weighted by Crippen LogP contribution is -2.31. The van der Waals surface area contributed by atoms with E-state index in [0.717, 1.165) is 15.5 Å². The summed E-state index contributed by atoms with van der Waals surface area (Å²) in [7, 11) is 0. The third-order valence-electron chi connectivity index (χ3n) is 5.56. The van der Waals surface area contributed by atoms with E-state index in [1.54, 1.807) is 58.0 Å². The van der Waals surface area contributed by atoms with Gasteiger partial charge in [0.25, 0.3) is 5.91 Å². The standard InChI is InChI=1S/C27H26N2O5/c1-5-22(30)23-20-13-12-19(15-21(20)29(25(23)32)34-26(33)27(2,3)4)28-24(31)18-11-10-16-8-6-7-9-17(16)14-18/h6-15,32H,5H2,1-4H3,(H,28,31). The van der Waals surface area contributed by atoms with Gasteiger partial charge in [-0.1, -0.05) is 37.3 Å². The molecule has 34 heavy (non-hydrogen) atoms. The second-order valence-corrected chi connectivity index (χ2v) is 9.15. The Morgan fingerprint density at radius 3 is 2.35 bits per heavy atom. The molecular formula is C27H26N2O5. The summed E-state index contributed by atoms with van der Waals surface area (Å²) < 4.78 is 0.956. The lowest BCUT2D eigenvalue weighted by atomic mass is 9.98. The number of hydrogen-bond acceptors (Lipinski definition) is 5. The van der Waals surface area contributed by atoms with Crippen LogP contribution in [0, 0.1) is 5.41 Å². The summed E-state index contributed by atoms with van der Waals surface area (Å²) in [5.41, 5.74) is 0.444. The smallest absolute Gasteiger partial charge is 0.338 e. The first-order valence-corrected chi connectivity index (χ1v) is 11.0. The van der Waals surface area contributed by atoms with Gasteiger partial charge in [-0.2, -0.15) is 0 Å². The van der Waals surface area contributed by atoms with E-state index in [0.29, 0.717) is 22.2 Å². The molecule has 0 aliphatic heterocycles. The molecule has 0 spiro atoms. The number of ketones is 1. The Morgan fingerprint density at radius 2 is 1.68 bits per heavy atom. The van der Waals surface area contributed by atoms with Crippen molar-refractivity contribution >= 4 is 45.0 Å². The fourth-order valence-corrected chi connectivity index (χ4v) is 3.62. The Labute approximate surface area is 196 Å². The number of aromatic hydroxyl groups is 1. The number of anilines is 1. The van der Waals surface area contributed by atoms with Gasteiger partial charge in [-0.15, -0.1) is 4.73 Å². The monoisotopic (exact) mass is 458 g/mol. The highest BCUT2D eigenvalue weighted by Crippen LogP contribution is 2.34. The first-order chi connectivity index (χ1) is 16.1. The molecule has 1 aromatic heterocycles. The number of fused-ring (bicyclic) bond motifs is 2. The molecule has 0 radical (unpaired) electrons. The third-order valence-corrected chi connectivity index (χ3v) is 5.56. The molecule has 0 aliphatic rings. The molecular weight excluding hydrogens is 432 g/mol. The van der Waals surface area contributed by atoms with E-state index in [9.17, 15) is 19.5 Å². The lowest BCUT2D eigenvalue weighted by molar-refractivity contribution is -0.153. The average Bonchev–Trinajstić information content (AvgIpc) is 3.08. The first kappa shape index (κ1) is 23.0. The number of rotatable bonds is 5. The van der Waals surface area contributed by atoms with Crippen molar-refractivity contribution in [2.24, 2.45) is 5.41 Å². The number of Topliss-reactive ketones (excluding diaryl/α,β-unsaturated/α-hetero) is 1. The van der Waals surface area contributed by atoms with Crippen LogP contribution < -0.4 is 10.2 Å². The molecule has 0 atom stereocenters. The molecule has 0 saturated heterocycles. The minimum Gasteiger partial charge on any atom is -0.492 e. The molecule has 3 aromatic carbocycles. The SMILES string of the molecule is CCC(=O)c1c(O)n(OC(=O)C(C)(C)C)c2cc(NC(=O)c3ccc4ccccc4c3)ccc12. The van der Waals surface area contributed by atoms with E-state index in [4.69, 9.17) is 4.84 Å². The van der Waals surface area contributed by atoms with Gasteiger partial charge in [0.15, 0.2) is 5.78 Å². The molecule has 7 heteroatoms. The van der Waals surface area contributed by atoms with Crippen LogP contribution in [0.3, 0.4) is 0 Å². The summed E-state index contributed by atoms with van der Waals surface area (Å²) in [5, 5.41) is 16.0. The highest BCUT2D eigenvalue weighted by molar-refractivity contribution is 6.12. The van der Waals surface area contributed by atoms with E-state index >= 15 is 0 Å². The largest absolute Gasteiger partial charge is 0.492 e. The number of amides is 1. The minimum absolute atomic E-state index is 0.0756. The summed E-state index contributed by atoms with van der Waals surface area (Å²) in [5.74, 6) is -1.64. The number of aromatic nitrogens is 1. The van der Waals surface area contributed by atoms with E-state index in [1.165, 1.54) is 0 Å². The van der Waals surface area contributed by atoms with Gasteiger partial charge in [-0.05, 0) is 61.9 Å². The fraction of sp³-hybridized carbons (Fsp3) is 0.222. The fourth-order valence-electron chi connectivity index (χ4n) is 3.62. The van der Waals surface area contributed by atoms with Crippen LogP contribution in [0.2, 0.25) is 0 Å². The van der Waals surface area contributed by atoms with Crippen molar-refractivity contribution in [3.8, 4) is 5.88 Å². The van der Waals surface area contributed by atoms with Gasteiger partial charge >= 0.3 is 5.97 Å². The summed E-state index contributed by atoms with van der Waals surface area (Å²) in [6.07, 6.45) is 0.167. The zero-order chi connectivity index (χ0) is 24.6. The van der Waals surface area contributed by atoms with Gasteiger partial charge in [-0.3, -0.25) is 9.59 Å². The molecule has 0 unspecified atom stereocenters. The molecule has 0 saturated carbocycles. The van der Waals surface area contributed by atoms with E-state index < -0.39 is 17.3 Å². The Hall–Kier alpha value is -4.13. The maximum Gasteiger partial charge on any atom is 0.338 e. The number of carbonyl (C=O) groups is 3. The van der Waals surface area contributed by atoms with Gasteiger partial charge in [0.05, 0.1) is 16.5 Å². The predicted octanol–water partition coefficient (Wildman–Crippen LogP) is 5.35. The second kappa shape index (κ2) is 8.67. The molecule has 0 fully saturated rings. The van der Waals surface area contributed by atoms with Crippen molar-refractivity contribution in [3.05, 3.63) is 71.8 Å². The Kier molecular flexibility index (Phi) is 5.87. The Morgan fingerprint density at radius 1 is 0.971 bits per heavy atom. The molecule has 0 bridgehead atoms. The van der Waals surface area contributed by atoms with Crippen molar-refractivity contribution in [3.63, 3.8) is 0 Å². The number of benzene rings is 3. The molecule has 4 aromatic rings. The quantitative estimate of drug-likeness (QED) is 0.393. The molecule has 0 aliphatic carbocycles. The number of hydrogen-bond donors (Lipinski definition) is 2. The first-order valence-electron chi connectivity index (χ1n) is 11.0. The Bertz CT molecular complexity index is 1440. The van der Waals surface area contributed by atoms with Crippen molar-refractivity contribution < 1.29 is 24.3 Å². The summed E-state index contributed by atoms with van der Waals surface area (Å²) in [6, 6.07) is 18.0.